The van der Waals surface area contributed by atoms with Gasteiger partial charge >= 0.3 is 0 Å². The lowest BCUT2D eigenvalue weighted by Crippen LogP contribution is -1.84. The van der Waals surface area contributed by atoms with E-state index in [1.54, 1.807) is 12.1 Å². The van der Waals surface area contributed by atoms with Crippen LogP contribution >= 0.6 is 0 Å². The van der Waals surface area contributed by atoms with Gasteiger partial charge in [0, 0.05) is 17.3 Å². The van der Waals surface area contributed by atoms with Crippen molar-refractivity contribution in [3.8, 4) is 11.5 Å². The maximum atomic E-state index is 5.73. The molecule has 0 aliphatic heterocycles. The van der Waals surface area contributed by atoms with Crippen LogP contribution in [-0.4, -0.2) is 10.2 Å². The number of hydrogen-bond donors (Lipinski definition) is 1. The van der Waals surface area contributed by atoms with Crippen molar-refractivity contribution < 1.29 is 4.42 Å². The molecule has 0 spiro atoms. The number of nitrogens with zero attached hydrogens (tertiary/aromatic N) is 2. The summed E-state index contributed by atoms with van der Waals surface area (Å²) in [6, 6.07) is 17.3. The Labute approximate surface area is 116 Å². The van der Waals surface area contributed by atoms with Crippen molar-refractivity contribution >= 4 is 17.8 Å². The highest BCUT2D eigenvalue weighted by atomic mass is 16.4. The highest BCUT2D eigenvalue weighted by Crippen LogP contribution is 2.20. The molecule has 0 fully saturated rings. The first-order valence-electron chi connectivity index (χ1n) is 6.24. The standard InChI is InChI=1S/C16H13N3O/c17-14-8-4-7-13(11-14)16-19-18-15(20-16)10-9-12-5-2-1-3-6-12/h1-11H,17H2/b10-9+. The average Bonchev–Trinajstić information content (AvgIpc) is 2.95. The summed E-state index contributed by atoms with van der Waals surface area (Å²) in [5.41, 5.74) is 8.30. The Balaban J connectivity index is 1.82. The zero-order valence-electron chi connectivity index (χ0n) is 10.7. The summed E-state index contributed by atoms with van der Waals surface area (Å²) in [6.45, 7) is 0. The second kappa shape index (κ2) is 5.40. The highest BCUT2D eigenvalue weighted by molar-refractivity contribution is 5.66. The van der Waals surface area contributed by atoms with Gasteiger partial charge < -0.3 is 10.2 Å². The van der Waals surface area contributed by atoms with Crippen LogP contribution in [0.1, 0.15) is 11.5 Å². The highest BCUT2D eigenvalue weighted by Gasteiger charge is 2.06. The van der Waals surface area contributed by atoms with Crippen LogP contribution in [0.5, 0.6) is 0 Å². The van der Waals surface area contributed by atoms with Crippen molar-refractivity contribution in [2.75, 3.05) is 5.73 Å². The molecule has 98 valence electrons. The molecule has 1 aromatic heterocycles. The third-order valence-corrected chi connectivity index (χ3v) is 2.79. The molecule has 0 unspecified atom stereocenters. The second-order valence-corrected chi connectivity index (χ2v) is 4.31. The summed E-state index contributed by atoms with van der Waals surface area (Å²) in [7, 11) is 0. The van der Waals surface area contributed by atoms with Crippen LogP contribution < -0.4 is 5.73 Å². The average molecular weight is 263 g/mol. The van der Waals surface area contributed by atoms with E-state index in [9.17, 15) is 0 Å². The molecule has 0 atom stereocenters. The molecule has 4 heteroatoms. The second-order valence-electron chi connectivity index (χ2n) is 4.31. The van der Waals surface area contributed by atoms with Crippen LogP contribution in [0, 0.1) is 0 Å². The number of benzene rings is 2. The van der Waals surface area contributed by atoms with Crippen LogP contribution in [0.2, 0.25) is 0 Å². The Hall–Kier alpha value is -2.88. The van der Waals surface area contributed by atoms with Crippen LogP contribution in [0.3, 0.4) is 0 Å². The summed E-state index contributed by atoms with van der Waals surface area (Å²) in [6.07, 6.45) is 3.72. The monoisotopic (exact) mass is 263 g/mol. The molecule has 20 heavy (non-hydrogen) atoms. The zero-order valence-corrected chi connectivity index (χ0v) is 10.7. The van der Waals surface area contributed by atoms with E-state index >= 15 is 0 Å². The lowest BCUT2D eigenvalue weighted by atomic mass is 10.2. The molecule has 0 aliphatic carbocycles. The molecule has 3 rings (SSSR count). The van der Waals surface area contributed by atoms with Crippen molar-refractivity contribution in [3.05, 3.63) is 66.1 Å². The number of nitrogens with two attached hydrogens (primary N) is 1. The lowest BCUT2D eigenvalue weighted by Gasteiger charge is -1.95. The van der Waals surface area contributed by atoms with Gasteiger partial charge in [-0.25, -0.2) is 0 Å². The van der Waals surface area contributed by atoms with Crippen LogP contribution in [-0.2, 0) is 0 Å². The molecule has 2 N–H and O–H groups in total. The normalized spacial score (nSPS) is 11.0. The van der Waals surface area contributed by atoms with E-state index < -0.39 is 0 Å². The zero-order chi connectivity index (χ0) is 13.8. The maximum Gasteiger partial charge on any atom is 0.248 e. The quantitative estimate of drug-likeness (QED) is 0.734. The molecule has 0 amide bonds. The van der Waals surface area contributed by atoms with Crippen LogP contribution in [0.15, 0.2) is 59.0 Å². The van der Waals surface area contributed by atoms with Crippen molar-refractivity contribution in [1.82, 2.24) is 10.2 Å². The Morgan fingerprint density at radius 3 is 2.55 bits per heavy atom. The van der Waals surface area contributed by atoms with Gasteiger partial charge in [0.2, 0.25) is 11.8 Å². The van der Waals surface area contributed by atoms with E-state index in [1.807, 2.05) is 54.6 Å². The van der Waals surface area contributed by atoms with Crippen molar-refractivity contribution in [1.29, 1.82) is 0 Å². The molecule has 0 aliphatic rings. The summed E-state index contributed by atoms with van der Waals surface area (Å²) >= 11 is 0. The van der Waals surface area contributed by atoms with Crippen molar-refractivity contribution in [2.45, 2.75) is 0 Å². The summed E-state index contributed by atoms with van der Waals surface area (Å²) in [4.78, 5) is 0. The number of rotatable bonds is 3. The van der Waals surface area contributed by atoms with E-state index in [4.69, 9.17) is 10.2 Å². The van der Waals surface area contributed by atoms with Crippen LogP contribution in [0.25, 0.3) is 23.6 Å². The van der Waals surface area contributed by atoms with Gasteiger partial charge in [0.1, 0.15) is 0 Å². The van der Waals surface area contributed by atoms with E-state index in [0.717, 1.165) is 11.1 Å². The fourth-order valence-corrected chi connectivity index (χ4v) is 1.82. The Kier molecular flexibility index (Phi) is 3.29. The minimum Gasteiger partial charge on any atom is -0.417 e. The van der Waals surface area contributed by atoms with E-state index in [2.05, 4.69) is 10.2 Å². The summed E-state index contributed by atoms with van der Waals surface area (Å²) < 4.78 is 5.58. The SMILES string of the molecule is Nc1cccc(-c2nnc(/C=C/c3ccccc3)o2)c1. The smallest absolute Gasteiger partial charge is 0.248 e. The molecular formula is C16H13N3O. The van der Waals surface area contributed by atoms with Gasteiger partial charge in [0.05, 0.1) is 0 Å². The van der Waals surface area contributed by atoms with Gasteiger partial charge in [-0.3, -0.25) is 0 Å². The predicted octanol–water partition coefficient (Wildman–Crippen LogP) is 3.49. The molecule has 3 aromatic rings. The van der Waals surface area contributed by atoms with E-state index in [0.29, 0.717) is 17.5 Å². The van der Waals surface area contributed by atoms with Gasteiger partial charge in [-0.05, 0) is 29.8 Å². The number of hydrogen-bond acceptors (Lipinski definition) is 4. The largest absolute Gasteiger partial charge is 0.417 e. The molecule has 4 nitrogen and oxygen atoms in total. The van der Waals surface area contributed by atoms with Gasteiger partial charge in [-0.15, -0.1) is 10.2 Å². The van der Waals surface area contributed by atoms with Crippen molar-refractivity contribution in [2.24, 2.45) is 0 Å². The summed E-state index contributed by atoms with van der Waals surface area (Å²) in [5, 5.41) is 8.01. The molecule has 0 bridgehead atoms. The van der Waals surface area contributed by atoms with Crippen molar-refractivity contribution in [3.63, 3.8) is 0 Å². The number of aromatic nitrogens is 2. The van der Waals surface area contributed by atoms with Gasteiger partial charge in [-0.1, -0.05) is 36.4 Å². The number of anilines is 1. The molecular weight excluding hydrogens is 250 g/mol. The van der Waals surface area contributed by atoms with Gasteiger partial charge in [-0.2, -0.15) is 0 Å². The third-order valence-electron chi connectivity index (χ3n) is 2.79. The minimum absolute atomic E-state index is 0.463. The fourth-order valence-electron chi connectivity index (χ4n) is 1.82. The first-order chi connectivity index (χ1) is 9.81. The molecule has 1 heterocycles. The Morgan fingerprint density at radius 1 is 0.900 bits per heavy atom. The lowest BCUT2D eigenvalue weighted by molar-refractivity contribution is 0.558. The molecule has 0 radical (unpaired) electrons. The van der Waals surface area contributed by atoms with Gasteiger partial charge in [0.15, 0.2) is 0 Å². The Morgan fingerprint density at radius 2 is 1.75 bits per heavy atom. The predicted molar refractivity (Wildman–Crippen MR) is 79.5 cm³/mol. The molecule has 0 saturated carbocycles. The van der Waals surface area contributed by atoms with E-state index in [-0.39, 0.29) is 0 Å². The molecule has 0 saturated heterocycles. The Bertz CT molecular complexity index is 732. The molecule has 2 aromatic carbocycles. The fraction of sp³-hybridized carbons (Fsp3) is 0. The number of nitrogen functional groups attached to an aromatic ring is 1. The summed E-state index contributed by atoms with van der Waals surface area (Å²) in [5.74, 6) is 0.927. The first-order valence-corrected chi connectivity index (χ1v) is 6.24. The topological polar surface area (TPSA) is 64.9 Å². The van der Waals surface area contributed by atoms with Crippen LogP contribution in [0.4, 0.5) is 5.69 Å². The minimum atomic E-state index is 0.463. The first kappa shape index (κ1) is 12.2. The van der Waals surface area contributed by atoms with E-state index in [1.165, 1.54) is 0 Å². The maximum absolute atomic E-state index is 5.73. The van der Waals surface area contributed by atoms with Gasteiger partial charge in [0.25, 0.3) is 0 Å². The third kappa shape index (κ3) is 2.75.